The van der Waals surface area contributed by atoms with Crippen molar-refractivity contribution in [1.29, 1.82) is 0 Å². The van der Waals surface area contributed by atoms with E-state index in [-0.39, 0.29) is 29.9 Å². The lowest BCUT2D eigenvalue weighted by atomic mass is 10.1. The van der Waals surface area contributed by atoms with E-state index in [0.29, 0.717) is 0 Å². The van der Waals surface area contributed by atoms with Crippen LogP contribution in [0.5, 0.6) is 5.75 Å². The van der Waals surface area contributed by atoms with E-state index in [4.69, 9.17) is 5.11 Å². The zero-order chi connectivity index (χ0) is 12.1. The molecule has 0 spiro atoms. The number of hydrogen-bond acceptors (Lipinski definition) is 3. The highest BCUT2D eigenvalue weighted by molar-refractivity contribution is 5.97. The predicted octanol–water partition coefficient (Wildman–Crippen LogP) is 1.07. The number of carbonyl (C=O) groups excluding carboxylic acids is 1. The molecule has 0 aromatic heterocycles. The Bertz CT molecular complexity index is 377. The molecular formula is C12H17NO3. The van der Waals surface area contributed by atoms with Crippen LogP contribution < -0.4 is 5.32 Å². The topological polar surface area (TPSA) is 69.6 Å². The summed E-state index contributed by atoms with van der Waals surface area (Å²) in [7, 11) is 0. The second-order valence-corrected chi connectivity index (χ2v) is 3.76. The van der Waals surface area contributed by atoms with E-state index in [0.717, 1.165) is 12.0 Å². The van der Waals surface area contributed by atoms with Crippen LogP contribution in [0.3, 0.4) is 0 Å². The monoisotopic (exact) mass is 223 g/mol. The van der Waals surface area contributed by atoms with Crippen molar-refractivity contribution < 1.29 is 15.0 Å². The maximum atomic E-state index is 11.7. The maximum absolute atomic E-state index is 11.7. The number of hydrogen-bond donors (Lipinski definition) is 3. The third kappa shape index (κ3) is 2.97. The third-order valence-electron chi connectivity index (χ3n) is 2.37. The van der Waals surface area contributed by atoms with Crippen molar-refractivity contribution in [2.45, 2.75) is 26.3 Å². The summed E-state index contributed by atoms with van der Waals surface area (Å²) in [6.07, 6.45) is 0.802. The van der Waals surface area contributed by atoms with Gasteiger partial charge in [0.1, 0.15) is 5.75 Å². The average Bonchev–Trinajstić information content (AvgIpc) is 2.29. The summed E-state index contributed by atoms with van der Waals surface area (Å²) in [6.45, 7) is 3.54. The van der Waals surface area contributed by atoms with Gasteiger partial charge in [-0.25, -0.2) is 0 Å². The lowest BCUT2D eigenvalue weighted by molar-refractivity contribution is 0.0919. The Labute approximate surface area is 94.9 Å². The SMILES string of the molecule is CCc1ccc(O)c(C(=O)NC(C)CO)c1. The Balaban J connectivity index is 2.89. The van der Waals surface area contributed by atoms with Crippen LogP contribution in [0, 0.1) is 0 Å². The molecule has 1 amide bonds. The number of phenolic OH excluding ortho intramolecular Hbond substituents is 1. The standard InChI is InChI=1S/C12H17NO3/c1-3-9-4-5-11(15)10(6-9)12(16)13-8(2)7-14/h4-6,8,14-15H,3,7H2,1-2H3,(H,13,16). The van der Waals surface area contributed by atoms with Crippen molar-refractivity contribution in [1.82, 2.24) is 5.32 Å². The molecule has 0 aliphatic rings. The Morgan fingerprint density at radius 1 is 1.50 bits per heavy atom. The second-order valence-electron chi connectivity index (χ2n) is 3.76. The van der Waals surface area contributed by atoms with Gasteiger partial charge in [-0.15, -0.1) is 0 Å². The summed E-state index contributed by atoms with van der Waals surface area (Å²) < 4.78 is 0. The molecule has 0 bridgehead atoms. The highest BCUT2D eigenvalue weighted by Gasteiger charge is 2.13. The fourth-order valence-electron chi connectivity index (χ4n) is 1.33. The molecule has 0 fully saturated rings. The van der Waals surface area contributed by atoms with Crippen LogP contribution in [0.2, 0.25) is 0 Å². The summed E-state index contributed by atoms with van der Waals surface area (Å²) in [5.41, 5.74) is 1.24. The molecule has 0 heterocycles. The molecule has 3 N–H and O–H groups in total. The van der Waals surface area contributed by atoms with E-state index in [9.17, 15) is 9.90 Å². The van der Waals surface area contributed by atoms with Crippen molar-refractivity contribution in [3.63, 3.8) is 0 Å². The summed E-state index contributed by atoms with van der Waals surface area (Å²) in [5.74, 6) is -0.408. The van der Waals surface area contributed by atoms with Crippen LogP contribution in [-0.2, 0) is 6.42 Å². The fourth-order valence-corrected chi connectivity index (χ4v) is 1.33. The average molecular weight is 223 g/mol. The highest BCUT2D eigenvalue weighted by Crippen LogP contribution is 2.18. The lowest BCUT2D eigenvalue weighted by Gasteiger charge is -2.12. The number of carbonyl (C=O) groups is 1. The Morgan fingerprint density at radius 2 is 2.19 bits per heavy atom. The quantitative estimate of drug-likeness (QED) is 0.715. The van der Waals surface area contributed by atoms with Gasteiger partial charge in [-0.05, 0) is 31.0 Å². The minimum Gasteiger partial charge on any atom is -0.507 e. The zero-order valence-corrected chi connectivity index (χ0v) is 9.53. The smallest absolute Gasteiger partial charge is 0.255 e. The number of aliphatic hydroxyl groups excluding tert-OH is 1. The molecule has 0 aliphatic carbocycles. The van der Waals surface area contributed by atoms with Crippen LogP contribution in [-0.4, -0.2) is 28.8 Å². The number of aliphatic hydroxyl groups is 1. The number of amides is 1. The van der Waals surface area contributed by atoms with Crippen molar-refractivity contribution in [3.05, 3.63) is 29.3 Å². The van der Waals surface area contributed by atoms with Crippen molar-refractivity contribution >= 4 is 5.91 Å². The van der Waals surface area contributed by atoms with Gasteiger partial charge < -0.3 is 15.5 Å². The number of benzene rings is 1. The molecule has 1 rings (SSSR count). The predicted molar refractivity (Wildman–Crippen MR) is 61.5 cm³/mol. The van der Waals surface area contributed by atoms with E-state index < -0.39 is 0 Å². The molecule has 0 radical (unpaired) electrons. The van der Waals surface area contributed by atoms with Gasteiger partial charge >= 0.3 is 0 Å². The van der Waals surface area contributed by atoms with Gasteiger partial charge in [0.05, 0.1) is 12.2 Å². The first-order valence-corrected chi connectivity index (χ1v) is 5.32. The number of nitrogens with one attached hydrogen (secondary N) is 1. The molecule has 4 nitrogen and oxygen atoms in total. The van der Waals surface area contributed by atoms with E-state index >= 15 is 0 Å². The third-order valence-corrected chi connectivity index (χ3v) is 2.37. The van der Waals surface area contributed by atoms with Gasteiger partial charge in [-0.1, -0.05) is 13.0 Å². The Kier molecular flexibility index (Phi) is 4.31. The summed E-state index contributed by atoms with van der Waals surface area (Å²) in [4.78, 5) is 11.7. The van der Waals surface area contributed by atoms with Crippen molar-refractivity contribution in [2.75, 3.05) is 6.61 Å². The summed E-state index contributed by atoms with van der Waals surface area (Å²) in [5, 5.41) is 21.0. The van der Waals surface area contributed by atoms with Crippen LogP contribution in [0.4, 0.5) is 0 Å². The van der Waals surface area contributed by atoms with Crippen molar-refractivity contribution in [2.24, 2.45) is 0 Å². The number of rotatable bonds is 4. The van der Waals surface area contributed by atoms with Gasteiger partial charge in [-0.3, -0.25) is 4.79 Å². The lowest BCUT2D eigenvalue weighted by Crippen LogP contribution is -2.35. The van der Waals surface area contributed by atoms with Gasteiger partial charge in [0.2, 0.25) is 0 Å². The maximum Gasteiger partial charge on any atom is 0.255 e. The van der Waals surface area contributed by atoms with Gasteiger partial charge in [-0.2, -0.15) is 0 Å². The molecule has 0 aliphatic heterocycles. The minimum atomic E-state index is -0.366. The zero-order valence-electron chi connectivity index (χ0n) is 9.53. The molecule has 4 heteroatoms. The normalized spacial score (nSPS) is 12.2. The first kappa shape index (κ1) is 12.5. The largest absolute Gasteiger partial charge is 0.507 e. The minimum absolute atomic E-state index is 0.0418. The van der Waals surface area contributed by atoms with E-state index in [2.05, 4.69) is 5.32 Å². The van der Waals surface area contributed by atoms with E-state index in [1.165, 1.54) is 6.07 Å². The summed E-state index contributed by atoms with van der Waals surface area (Å²) >= 11 is 0. The molecule has 88 valence electrons. The molecule has 16 heavy (non-hydrogen) atoms. The molecule has 1 atom stereocenters. The van der Waals surface area contributed by atoms with Crippen LogP contribution in [0.1, 0.15) is 29.8 Å². The molecule has 1 aromatic rings. The molecule has 0 saturated carbocycles. The molecular weight excluding hydrogens is 206 g/mol. The second kappa shape index (κ2) is 5.51. The summed E-state index contributed by atoms with van der Waals surface area (Å²) in [6, 6.07) is 4.63. The molecule has 1 unspecified atom stereocenters. The van der Waals surface area contributed by atoms with Gasteiger partial charge in [0, 0.05) is 6.04 Å². The van der Waals surface area contributed by atoms with E-state index in [1.54, 1.807) is 19.1 Å². The van der Waals surface area contributed by atoms with Gasteiger partial charge in [0.15, 0.2) is 0 Å². The number of aryl methyl sites for hydroxylation is 1. The first-order valence-electron chi connectivity index (χ1n) is 5.32. The molecule has 1 aromatic carbocycles. The van der Waals surface area contributed by atoms with Crippen molar-refractivity contribution in [3.8, 4) is 5.75 Å². The number of aromatic hydroxyl groups is 1. The molecule has 0 saturated heterocycles. The first-order chi connectivity index (χ1) is 7.58. The highest BCUT2D eigenvalue weighted by atomic mass is 16.3. The van der Waals surface area contributed by atoms with Gasteiger partial charge in [0.25, 0.3) is 5.91 Å². The van der Waals surface area contributed by atoms with E-state index in [1.807, 2.05) is 6.92 Å². The van der Waals surface area contributed by atoms with Crippen LogP contribution in [0.15, 0.2) is 18.2 Å². The van der Waals surface area contributed by atoms with Crippen LogP contribution in [0.25, 0.3) is 0 Å². The Hall–Kier alpha value is -1.55. The van der Waals surface area contributed by atoms with Crippen LogP contribution >= 0.6 is 0 Å². The fraction of sp³-hybridized carbons (Fsp3) is 0.417. The Morgan fingerprint density at radius 3 is 2.75 bits per heavy atom. The number of phenols is 1.